The lowest BCUT2D eigenvalue weighted by Gasteiger charge is -2.05. The van der Waals surface area contributed by atoms with E-state index in [1.54, 1.807) is 36.4 Å². The molecule has 6 nitrogen and oxygen atoms in total. The lowest BCUT2D eigenvalue weighted by molar-refractivity contribution is 0.588. The van der Waals surface area contributed by atoms with Crippen molar-refractivity contribution in [2.45, 2.75) is 10.1 Å². The van der Waals surface area contributed by atoms with Crippen molar-refractivity contribution in [3.8, 4) is 0 Å². The van der Waals surface area contributed by atoms with Gasteiger partial charge in [-0.3, -0.25) is 9.97 Å². The Labute approximate surface area is 131 Å². The summed E-state index contributed by atoms with van der Waals surface area (Å²) < 4.78 is 25.4. The second-order valence-corrected chi connectivity index (χ2v) is 6.74. The third-order valence-electron chi connectivity index (χ3n) is 3.40. The number of nitrogens with zero attached hydrogens (tertiary/aromatic N) is 4. The minimum Gasteiger partial charge on any atom is -0.252 e. The molecule has 0 saturated carbocycles. The van der Waals surface area contributed by atoms with E-state index in [9.17, 15) is 8.42 Å². The highest BCUT2D eigenvalue weighted by molar-refractivity contribution is 7.91. The maximum absolute atomic E-state index is 12.7. The van der Waals surface area contributed by atoms with Crippen LogP contribution in [0.3, 0.4) is 0 Å². The summed E-state index contributed by atoms with van der Waals surface area (Å²) in [7, 11) is -3.87. The number of hydrogen-bond acceptors (Lipinski definition) is 6. The van der Waals surface area contributed by atoms with Crippen LogP contribution in [0.1, 0.15) is 0 Å². The lowest BCUT2D eigenvalue weighted by atomic mass is 10.3. The van der Waals surface area contributed by atoms with E-state index in [0.29, 0.717) is 22.1 Å². The molecule has 4 aromatic rings. The second kappa shape index (κ2) is 5.06. The van der Waals surface area contributed by atoms with Gasteiger partial charge in [-0.2, -0.15) is 0 Å². The predicted molar refractivity (Wildman–Crippen MR) is 84.5 cm³/mol. The normalized spacial score (nSPS) is 11.8. The molecular formula is C16H10N4O2S. The Morgan fingerprint density at radius 3 is 1.43 bits per heavy atom. The lowest BCUT2D eigenvalue weighted by Crippen LogP contribution is -2.08. The van der Waals surface area contributed by atoms with Crippen molar-refractivity contribution in [3.05, 3.63) is 60.9 Å². The molecule has 0 amide bonds. The van der Waals surface area contributed by atoms with Gasteiger partial charge in [0.2, 0.25) is 9.84 Å². The summed E-state index contributed by atoms with van der Waals surface area (Å²) in [6.07, 6.45) is 2.49. The largest absolute Gasteiger partial charge is 0.252 e. The third kappa shape index (κ3) is 2.31. The Morgan fingerprint density at radius 1 is 0.609 bits per heavy atom. The molecule has 2 aromatic carbocycles. The zero-order chi connectivity index (χ0) is 15.9. The molecule has 0 aliphatic rings. The molecule has 0 bridgehead atoms. The summed E-state index contributed by atoms with van der Waals surface area (Å²) in [5.74, 6) is 0. The van der Waals surface area contributed by atoms with Gasteiger partial charge in [0.1, 0.15) is 0 Å². The van der Waals surface area contributed by atoms with Crippen LogP contribution in [-0.2, 0) is 9.84 Å². The van der Waals surface area contributed by atoms with Gasteiger partial charge in [0.15, 0.2) is 10.1 Å². The van der Waals surface area contributed by atoms with Crippen LogP contribution in [0, 0.1) is 0 Å². The number of aromatic nitrogens is 4. The number of benzene rings is 2. The minimum absolute atomic E-state index is 0.138. The zero-order valence-corrected chi connectivity index (χ0v) is 12.6. The Kier molecular flexibility index (Phi) is 3.02. The summed E-state index contributed by atoms with van der Waals surface area (Å²) in [4.78, 5) is 16.7. The molecule has 0 atom stereocenters. The van der Waals surface area contributed by atoms with E-state index in [-0.39, 0.29) is 10.1 Å². The van der Waals surface area contributed by atoms with Gasteiger partial charge in [-0.25, -0.2) is 18.4 Å². The average molecular weight is 322 g/mol. The molecule has 0 fully saturated rings. The van der Waals surface area contributed by atoms with E-state index < -0.39 is 9.84 Å². The first-order chi connectivity index (χ1) is 11.1. The van der Waals surface area contributed by atoms with Crippen molar-refractivity contribution < 1.29 is 8.42 Å². The number of rotatable bonds is 2. The monoisotopic (exact) mass is 322 g/mol. The van der Waals surface area contributed by atoms with Crippen LogP contribution < -0.4 is 0 Å². The highest BCUT2D eigenvalue weighted by atomic mass is 32.2. The van der Waals surface area contributed by atoms with Gasteiger partial charge >= 0.3 is 0 Å². The molecule has 2 heterocycles. The molecule has 7 heteroatoms. The van der Waals surface area contributed by atoms with Gasteiger partial charge < -0.3 is 0 Å². The van der Waals surface area contributed by atoms with Crippen LogP contribution in [0.4, 0.5) is 0 Å². The van der Waals surface area contributed by atoms with E-state index >= 15 is 0 Å². The van der Waals surface area contributed by atoms with Gasteiger partial charge in [0.25, 0.3) is 0 Å². The highest BCUT2D eigenvalue weighted by Gasteiger charge is 2.22. The maximum Gasteiger partial charge on any atom is 0.244 e. The van der Waals surface area contributed by atoms with Crippen molar-refractivity contribution in [1.82, 2.24) is 19.9 Å². The predicted octanol–water partition coefficient (Wildman–Crippen LogP) is 2.41. The van der Waals surface area contributed by atoms with E-state index in [1.807, 2.05) is 12.1 Å². The summed E-state index contributed by atoms with van der Waals surface area (Å²) in [6, 6.07) is 14.2. The topological polar surface area (TPSA) is 85.7 Å². The minimum atomic E-state index is -3.87. The Hall–Kier alpha value is -2.93. The van der Waals surface area contributed by atoms with Crippen molar-refractivity contribution in [2.24, 2.45) is 0 Å². The van der Waals surface area contributed by atoms with Crippen molar-refractivity contribution in [2.75, 3.05) is 0 Å². The Balaban J connectivity index is 1.89. The van der Waals surface area contributed by atoms with E-state index in [1.165, 1.54) is 12.4 Å². The maximum atomic E-state index is 12.7. The second-order valence-electron chi connectivity index (χ2n) is 4.90. The smallest absolute Gasteiger partial charge is 0.244 e. The zero-order valence-electron chi connectivity index (χ0n) is 11.8. The fraction of sp³-hybridized carbons (Fsp3) is 0. The SMILES string of the molecule is O=S(=O)(c1cnc2ccccc2n1)c1cnc2ccccc2n1. The fourth-order valence-corrected chi connectivity index (χ4v) is 3.28. The summed E-state index contributed by atoms with van der Waals surface area (Å²) in [5, 5.41) is -0.276. The molecule has 112 valence electrons. The van der Waals surface area contributed by atoms with Gasteiger partial charge in [-0.15, -0.1) is 0 Å². The molecule has 0 spiro atoms. The molecule has 0 aliphatic carbocycles. The van der Waals surface area contributed by atoms with Crippen molar-refractivity contribution >= 4 is 31.9 Å². The first kappa shape index (κ1) is 13.7. The van der Waals surface area contributed by atoms with Crippen LogP contribution in [-0.4, -0.2) is 28.4 Å². The molecule has 0 aliphatic heterocycles. The van der Waals surface area contributed by atoms with E-state index in [2.05, 4.69) is 19.9 Å². The molecule has 2 aromatic heterocycles. The Bertz CT molecular complexity index is 1060. The molecule has 0 N–H and O–H groups in total. The number of fused-ring (bicyclic) bond motifs is 2. The molecule has 4 rings (SSSR count). The summed E-state index contributed by atoms with van der Waals surface area (Å²) >= 11 is 0. The number of hydrogen-bond donors (Lipinski definition) is 0. The number of para-hydroxylation sites is 4. The summed E-state index contributed by atoms with van der Waals surface area (Å²) in [6.45, 7) is 0. The standard InChI is InChI=1S/C16H10N4O2S/c21-23(22,15-9-17-11-5-1-3-7-13(11)19-15)16-10-18-12-6-2-4-8-14(12)20-16/h1-10H. The van der Waals surface area contributed by atoms with Crippen LogP contribution in [0.15, 0.2) is 71.0 Å². The molecule has 23 heavy (non-hydrogen) atoms. The van der Waals surface area contributed by atoms with E-state index in [4.69, 9.17) is 0 Å². The third-order valence-corrected chi connectivity index (χ3v) is 4.90. The molecule has 0 unspecified atom stereocenters. The van der Waals surface area contributed by atoms with Crippen LogP contribution in [0.2, 0.25) is 0 Å². The first-order valence-electron chi connectivity index (χ1n) is 6.83. The van der Waals surface area contributed by atoms with Crippen molar-refractivity contribution in [3.63, 3.8) is 0 Å². The summed E-state index contributed by atoms with van der Waals surface area (Å²) in [5.41, 5.74) is 2.30. The molecule has 0 radical (unpaired) electrons. The van der Waals surface area contributed by atoms with E-state index in [0.717, 1.165) is 0 Å². The van der Waals surface area contributed by atoms with Gasteiger partial charge in [0.05, 0.1) is 34.5 Å². The van der Waals surface area contributed by atoms with Crippen LogP contribution in [0.5, 0.6) is 0 Å². The fourth-order valence-electron chi connectivity index (χ4n) is 2.25. The quantitative estimate of drug-likeness (QED) is 0.563. The van der Waals surface area contributed by atoms with Gasteiger partial charge in [-0.1, -0.05) is 24.3 Å². The van der Waals surface area contributed by atoms with Crippen molar-refractivity contribution in [1.29, 1.82) is 0 Å². The Morgan fingerprint density at radius 2 is 1.00 bits per heavy atom. The van der Waals surface area contributed by atoms with Crippen LogP contribution >= 0.6 is 0 Å². The first-order valence-corrected chi connectivity index (χ1v) is 8.31. The van der Waals surface area contributed by atoms with Gasteiger partial charge in [0, 0.05) is 0 Å². The number of sulfone groups is 1. The highest BCUT2D eigenvalue weighted by Crippen LogP contribution is 2.20. The molecule has 0 saturated heterocycles. The molecular weight excluding hydrogens is 312 g/mol. The van der Waals surface area contributed by atoms with Gasteiger partial charge in [-0.05, 0) is 24.3 Å². The van der Waals surface area contributed by atoms with Crippen LogP contribution in [0.25, 0.3) is 22.1 Å². The average Bonchev–Trinajstić information content (AvgIpc) is 2.61.